The molecule has 0 aromatic heterocycles. The van der Waals surface area contributed by atoms with Crippen molar-refractivity contribution in [3.8, 4) is 0 Å². The van der Waals surface area contributed by atoms with E-state index in [4.69, 9.17) is 5.73 Å². The summed E-state index contributed by atoms with van der Waals surface area (Å²) in [6.45, 7) is 4.45. The third kappa shape index (κ3) is 3.69. The van der Waals surface area contributed by atoms with Crippen LogP contribution in [0.2, 0.25) is 0 Å². The topological polar surface area (TPSA) is 26.0 Å². The molecule has 4 heteroatoms. The first-order valence-electron chi connectivity index (χ1n) is 6.84. The van der Waals surface area contributed by atoms with Crippen LogP contribution >= 0.6 is 11.8 Å². The first-order chi connectivity index (χ1) is 8.97. The molecular formula is C15H21F2NS. The number of hydrogen-bond acceptors (Lipinski definition) is 2. The van der Waals surface area contributed by atoms with Crippen molar-refractivity contribution in [2.45, 2.75) is 49.3 Å². The van der Waals surface area contributed by atoms with Gasteiger partial charge in [-0.05, 0) is 43.2 Å². The molecule has 106 valence electrons. The summed E-state index contributed by atoms with van der Waals surface area (Å²) >= 11 is 1.46. The Bertz CT molecular complexity index is 436. The molecule has 0 amide bonds. The van der Waals surface area contributed by atoms with E-state index < -0.39 is 11.6 Å². The summed E-state index contributed by atoms with van der Waals surface area (Å²) in [6, 6.07) is 3.86. The summed E-state index contributed by atoms with van der Waals surface area (Å²) in [5, 5.41) is 0.223. The van der Waals surface area contributed by atoms with E-state index in [1.807, 2.05) is 0 Å². The highest BCUT2D eigenvalue weighted by molar-refractivity contribution is 8.00. The average molecular weight is 285 g/mol. The molecule has 3 unspecified atom stereocenters. The van der Waals surface area contributed by atoms with E-state index in [1.165, 1.54) is 23.9 Å². The molecule has 1 aliphatic carbocycles. The predicted molar refractivity (Wildman–Crippen MR) is 76.2 cm³/mol. The number of benzene rings is 1. The lowest BCUT2D eigenvalue weighted by Crippen LogP contribution is -2.39. The lowest BCUT2D eigenvalue weighted by molar-refractivity contribution is 0.266. The fourth-order valence-corrected chi connectivity index (χ4v) is 3.96. The SMILES string of the molecule is CC(C)C1CCC(N)C(Sc2ccc(F)cc2F)C1. The fraction of sp³-hybridized carbons (Fsp3) is 0.600. The Morgan fingerprint density at radius 3 is 2.63 bits per heavy atom. The van der Waals surface area contributed by atoms with E-state index in [2.05, 4.69) is 13.8 Å². The van der Waals surface area contributed by atoms with Crippen molar-refractivity contribution in [1.29, 1.82) is 0 Å². The van der Waals surface area contributed by atoms with Crippen molar-refractivity contribution in [2.24, 2.45) is 17.6 Å². The summed E-state index contributed by atoms with van der Waals surface area (Å²) < 4.78 is 26.6. The third-order valence-corrected chi connectivity index (χ3v) is 5.43. The van der Waals surface area contributed by atoms with Crippen LogP contribution in [-0.4, -0.2) is 11.3 Å². The molecule has 1 aliphatic rings. The number of rotatable bonds is 3. The van der Waals surface area contributed by atoms with Crippen LogP contribution in [0.4, 0.5) is 8.78 Å². The van der Waals surface area contributed by atoms with E-state index in [-0.39, 0.29) is 11.3 Å². The van der Waals surface area contributed by atoms with Gasteiger partial charge in [0.25, 0.3) is 0 Å². The summed E-state index contributed by atoms with van der Waals surface area (Å²) in [6.07, 6.45) is 3.16. The maximum Gasteiger partial charge on any atom is 0.139 e. The van der Waals surface area contributed by atoms with Crippen molar-refractivity contribution < 1.29 is 8.78 Å². The van der Waals surface area contributed by atoms with Crippen LogP contribution in [0, 0.1) is 23.5 Å². The second kappa shape index (κ2) is 6.23. The number of thioether (sulfide) groups is 1. The first kappa shape index (κ1) is 14.8. The monoisotopic (exact) mass is 285 g/mol. The zero-order chi connectivity index (χ0) is 14.0. The molecule has 19 heavy (non-hydrogen) atoms. The molecule has 0 saturated heterocycles. The lowest BCUT2D eigenvalue weighted by Gasteiger charge is -2.35. The molecule has 1 aromatic rings. The normalized spacial score (nSPS) is 27.8. The van der Waals surface area contributed by atoms with Crippen molar-refractivity contribution in [2.75, 3.05) is 0 Å². The average Bonchev–Trinajstić information content (AvgIpc) is 2.34. The fourth-order valence-electron chi connectivity index (χ4n) is 2.66. The van der Waals surface area contributed by atoms with E-state index in [1.54, 1.807) is 0 Å². The zero-order valence-electron chi connectivity index (χ0n) is 11.4. The number of nitrogens with two attached hydrogens (primary N) is 1. The Morgan fingerprint density at radius 2 is 2.00 bits per heavy atom. The third-order valence-electron chi connectivity index (χ3n) is 4.00. The summed E-state index contributed by atoms with van der Waals surface area (Å²) in [5.74, 6) is 0.271. The van der Waals surface area contributed by atoms with Crippen molar-refractivity contribution in [3.63, 3.8) is 0 Å². The maximum atomic E-state index is 13.7. The lowest BCUT2D eigenvalue weighted by atomic mass is 9.79. The standard InChI is InChI=1S/C15H21F2NS/c1-9(2)10-3-5-13(18)15(7-10)19-14-6-4-11(16)8-12(14)17/h4,6,8-10,13,15H,3,5,7,18H2,1-2H3. The van der Waals surface area contributed by atoms with Crippen LogP contribution in [0.25, 0.3) is 0 Å². The minimum Gasteiger partial charge on any atom is -0.327 e. The summed E-state index contributed by atoms with van der Waals surface area (Å²) in [5.41, 5.74) is 6.15. The molecule has 2 rings (SSSR count). The summed E-state index contributed by atoms with van der Waals surface area (Å²) in [4.78, 5) is 0.506. The van der Waals surface area contributed by atoms with Crippen LogP contribution in [0.15, 0.2) is 23.1 Å². The van der Waals surface area contributed by atoms with E-state index in [0.29, 0.717) is 16.7 Å². The Morgan fingerprint density at radius 1 is 1.26 bits per heavy atom. The van der Waals surface area contributed by atoms with Crippen LogP contribution in [0.3, 0.4) is 0 Å². The van der Waals surface area contributed by atoms with Crippen molar-refractivity contribution in [3.05, 3.63) is 29.8 Å². The smallest absolute Gasteiger partial charge is 0.139 e. The number of hydrogen-bond donors (Lipinski definition) is 1. The van der Waals surface area contributed by atoms with Gasteiger partial charge in [-0.1, -0.05) is 13.8 Å². The van der Waals surface area contributed by atoms with Crippen LogP contribution in [0.5, 0.6) is 0 Å². The van der Waals surface area contributed by atoms with Gasteiger partial charge in [-0.3, -0.25) is 0 Å². The highest BCUT2D eigenvalue weighted by Crippen LogP contribution is 2.39. The predicted octanol–water partition coefficient (Wildman–Crippen LogP) is 4.21. The second-order valence-electron chi connectivity index (χ2n) is 5.71. The maximum absolute atomic E-state index is 13.7. The molecule has 1 saturated carbocycles. The highest BCUT2D eigenvalue weighted by atomic mass is 32.2. The molecule has 0 aliphatic heterocycles. The van der Waals surface area contributed by atoms with Gasteiger partial charge in [-0.2, -0.15) is 0 Å². The van der Waals surface area contributed by atoms with E-state index in [0.717, 1.165) is 25.3 Å². The van der Waals surface area contributed by atoms with Crippen molar-refractivity contribution in [1.82, 2.24) is 0 Å². The van der Waals surface area contributed by atoms with E-state index in [9.17, 15) is 8.78 Å². The van der Waals surface area contributed by atoms with Crippen LogP contribution < -0.4 is 5.73 Å². The second-order valence-corrected chi connectivity index (χ2v) is 6.99. The van der Waals surface area contributed by atoms with Gasteiger partial charge in [0.05, 0.1) is 0 Å². The first-order valence-corrected chi connectivity index (χ1v) is 7.72. The Labute approximate surface area is 118 Å². The Kier molecular flexibility index (Phi) is 4.85. The minimum atomic E-state index is -0.533. The molecule has 3 atom stereocenters. The van der Waals surface area contributed by atoms with Gasteiger partial charge in [0.1, 0.15) is 11.6 Å². The molecule has 0 spiro atoms. The molecule has 1 aromatic carbocycles. The molecular weight excluding hydrogens is 264 g/mol. The van der Waals surface area contributed by atoms with E-state index >= 15 is 0 Å². The quantitative estimate of drug-likeness (QED) is 0.900. The van der Waals surface area contributed by atoms with Crippen LogP contribution in [-0.2, 0) is 0 Å². The minimum absolute atomic E-state index is 0.101. The molecule has 0 bridgehead atoms. The van der Waals surface area contributed by atoms with Gasteiger partial charge in [-0.25, -0.2) is 8.78 Å². The van der Waals surface area contributed by atoms with Gasteiger partial charge in [0.2, 0.25) is 0 Å². The Balaban J connectivity index is 2.07. The van der Waals surface area contributed by atoms with Gasteiger partial charge in [0, 0.05) is 22.3 Å². The van der Waals surface area contributed by atoms with Gasteiger partial charge in [-0.15, -0.1) is 11.8 Å². The highest BCUT2D eigenvalue weighted by Gasteiger charge is 2.30. The molecule has 1 fully saturated rings. The van der Waals surface area contributed by atoms with Crippen LogP contribution in [0.1, 0.15) is 33.1 Å². The molecule has 2 N–H and O–H groups in total. The van der Waals surface area contributed by atoms with Crippen molar-refractivity contribution >= 4 is 11.8 Å². The number of halogens is 2. The largest absolute Gasteiger partial charge is 0.327 e. The molecule has 1 nitrogen and oxygen atoms in total. The zero-order valence-corrected chi connectivity index (χ0v) is 12.2. The van der Waals surface area contributed by atoms with Gasteiger partial charge >= 0.3 is 0 Å². The molecule has 0 heterocycles. The van der Waals surface area contributed by atoms with Gasteiger partial charge < -0.3 is 5.73 Å². The Hall–Kier alpha value is -0.610. The van der Waals surface area contributed by atoms with Gasteiger partial charge in [0.15, 0.2) is 0 Å². The molecule has 0 radical (unpaired) electrons. The summed E-state index contributed by atoms with van der Waals surface area (Å²) in [7, 11) is 0.